The second-order valence-electron chi connectivity index (χ2n) is 7.67. The van der Waals surface area contributed by atoms with Gasteiger partial charge >= 0.3 is 0 Å². The summed E-state index contributed by atoms with van der Waals surface area (Å²) in [5.74, 6) is 0.410. The van der Waals surface area contributed by atoms with Gasteiger partial charge < -0.3 is 16.0 Å². The van der Waals surface area contributed by atoms with Crippen molar-refractivity contribution in [1.29, 1.82) is 0 Å². The Morgan fingerprint density at radius 3 is 2.58 bits per heavy atom. The van der Waals surface area contributed by atoms with Crippen LogP contribution in [0.1, 0.15) is 63.2 Å². The van der Waals surface area contributed by atoms with Crippen LogP contribution in [0.2, 0.25) is 5.02 Å². The molecule has 0 atom stereocenters. The number of carbonyl (C=O) groups excluding carboxylic acids is 2. The van der Waals surface area contributed by atoms with Crippen LogP contribution in [0.3, 0.4) is 0 Å². The van der Waals surface area contributed by atoms with Gasteiger partial charge in [-0.3, -0.25) is 9.59 Å². The van der Waals surface area contributed by atoms with Gasteiger partial charge in [-0.25, -0.2) is 0 Å². The Morgan fingerprint density at radius 2 is 1.96 bits per heavy atom. The van der Waals surface area contributed by atoms with Gasteiger partial charge in [0, 0.05) is 17.6 Å². The fourth-order valence-corrected chi connectivity index (χ4v) is 3.24. The van der Waals surface area contributed by atoms with Crippen molar-refractivity contribution >= 4 is 29.1 Å². The molecule has 1 saturated heterocycles. The summed E-state index contributed by atoms with van der Waals surface area (Å²) in [5.41, 5.74) is 0.750. The van der Waals surface area contributed by atoms with E-state index in [0.29, 0.717) is 28.6 Å². The minimum absolute atomic E-state index is 0.0103. The third-order valence-corrected chi connectivity index (χ3v) is 5.38. The van der Waals surface area contributed by atoms with Crippen molar-refractivity contribution in [2.24, 2.45) is 5.92 Å². The smallest absolute Gasteiger partial charge is 0.253 e. The zero-order valence-electron chi connectivity index (χ0n) is 16.0. The Bertz CT molecular complexity index is 640. The molecule has 1 heterocycles. The first-order chi connectivity index (χ1) is 12.3. The number of carbonyl (C=O) groups is 2. The second kappa shape index (κ2) is 9.38. The van der Waals surface area contributed by atoms with E-state index in [1.165, 1.54) is 0 Å². The zero-order chi connectivity index (χ0) is 19.2. The molecule has 0 spiro atoms. The van der Waals surface area contributed by atoms with Crippen molar-refractivity contribution in [2.45, 2.75) is 58.4 Å². The maximum atomic E-state index is 12.4. The third kappa shape index (κ3) is 6.29. The predicted molar refractivity (Wildman–Crippen MR) is 107 cm³/mol. The number of piperidine rings is 1. The van der Waals surface area contributed by atoms with E-state index < -0.39 is 0 Å². The van der Waals surface area contributed by atoms with E-state index in [9.17, 15) is 9.59 Å². The highest BCUT2D eigenvalue weighted by atomic mass is 35.5. The minimum atomic E-state index is -0.290. The fourth-order valence-electron chi connectivity index (χ4n) is 2.97. The number of rotatable bonds is 7. The maximum Gasteiger partial charge on any atom is 0.253 e. The highest BCUT2D eigenvalue weighted by molar-refractivity contribution is 6.34. The molecule has 1 aromatic carbocycles. The van der Waals surface area contributed by atoms with Crippen molar-refractivity contribution in [1.82, 2.24) is 10.6 Å². The van der Waals surface area contributed by atoms with E-state index in [1.807, 2.05) is 20.8 Å². The van der Waals surface area contributed by atoms with Crippen LogP contribution in [-0.2, 0) is 4.79 Å². The van der Waals surface area contributed by atoms with Crippen LogP contribution in [-0.4, -0.2) is 30.4 Å². The molecule has 0 aliphatic carbocycles. The first-order valence-corrected chi connectivity index (χ1v) is 9.81. The number of amides is 2. The number of nitrogens with one attached hydrogen (secondary N) is 3. The van der Waals surface area contributed by atoms with Crippen LogP contribution in [0, 0.1) is 5.92 Å². The van der Waals surface area contributed by atoms with Crippen molar-refractivity contribution in [2.75, 3.05) is 18.4 Å². The van der Waals surface area contributed by atoms with Gasteiger partial charge in [0.2, 0.25) is 5.91 Å². The van der Waals surface area contributed by atoms with Crippen LogP contribution in [0.25, 0.3) is 0 Å². The van der Waals surface area contributed by atoms with E-state index in [1.54, 1.807) is 18.2 Å². The molecule has 3 N–H and O–H groups in total. The van der Waals surface area contributed by atoms with Gasteiger partial charge in [0.25, 0.3) is 5.91 Å². The molecule has 0 unspecified atom stereocenters. The van der Waals surface area contributed by atoms with E-state index >= 15 is 0 Å². The largest absolute Gasteiger partial charge is 0.347 e. The van der Waals surface area contributed by atoms with E-state index in [0.717, 1.165) is 38.8 Å². The van der Waals surface area contributed by atoms with E-state index in [2.05, 4.69) is 16.0 Å². The first-order valence-electron chi connectivity index (χ1n) is 9.43. The summed E-state index contributed by atoms with van der Waals surface area (Å²) in [7, 11) is 0. The van der Waals surface area contributed by atoms with Crippen molar-refractivity contribution in [3.63, 3.8) is 0 Å². The number of anilines is 1. The molecule has 1 aliphatic rings. The summed E-state index contributed by atoms with van der Waals surface area (Å²) in [6, 6.07) is 5.02. The molecule has 1 aliphatic heterocycles. The summed E-state index contributed by atoms with van der Waals surface area (Å²) in [6.45, 7) is 8.04. The number of benzene rings is 1. The highest BCUT2D eigenvalue weighted by Gasteiger charge is 2.21. The Kier molecular flexibility index (Phi) is 7.47. The molecule has 6 heteroatoms. The lowest BCUT2D eigenvalue weighted by molar-refractivity contribution is -0.116. The number of halogens is 1. The lowest BCUT2D eigenvalue weighted by Crippen LogP contribution is -2.42. The zero-order valence-corrected chi connectivity index (χ0v) is 16.7. The summed E-state index contributed by atoms with van der Waals surface area (Å²) in [6.07, 6.45) is 4.51. The molecule has 1 fully saturated rings. The van der Waals surface area contributed by atoms with E-state index in [-0.39, 0.29) is 17.4 Å². The van der Waals surface area contributed by atoms with Gasteiger partial charge in [-0.2, -0.15) is 0 Å². The molecule has 5 nitrogen and oxygen atoms in total. The van der Waals surface area contributed by atoms with Crippen molar-refractivity contribution in [3.05, 3.63) is 28.8 Å². The van der Waals surface area contributed by atoms with Gasteiger partial charge in [0.15, 0.2) is 0 Å². The second-order valence-corrected chi connectivity index (χ2v) is 8.07. The van der Waals surface area contributed by atoms with Crippen LogP contribution < -0.4 is 16.0 Å². The molecule has 0 aromatic heterocycles. The topological polar surface area (TPSA) is 70.2 Å². The molecule has 0 radical (unpaired) electrons. The summed E-state index contributed by atoms with van der Waals surface area (Å²) >= 11 is 6.26. The lowest BCUT2D eigenvalue weighted by Gasteiger charge is -2.24. The molecular formula is C20H30ClN3O2. The van der Waals surface area contributed by atoms with Crippen molar-refractivity contribution < 1.29 is 9.59 Å². The number of hydrogen-bond donors (Lipinski definition) is 3. The Morgan fingerprint density at radius 1 is 1.27 bits per heavy atom. The molecule has 144 valence electrons. The van der Waals surface area contributed by atoms with Crippen molar-refractivity contribution in [3.8, 4) is 0 Å². The SMILES string of the molecule is CCC(C)(C)NC(=O)c1ccc(NC(=O)CCC2CCNCC2)cc1Cl. The van der Waals surface area contributed by atoms with Crippen LogP contribution >= 0.6 is 11.6 Å². The van der Waals surface area contributed by atoms with Gasteiger partial charge in [0.1, 0.15) is 0 Å². The Labute approximate surface area is 161 Å². The molecule has 2 rings (SSSR count). The van der Waals surface area contributed by atoms with Gasteiger partial charge in [0.05, 0.1) is 10.6 Å². The standard InChI is InChI=1S/C20H30ClN3O2/c1-4-20(2,3)24-19(26)16-7-6-15(13-17(16)21)23-18(25)8-5-14-9-11-22-12-10-14/h6-7,13-14,22H,4-5,8-12H2,1-3H3,(H,23,25)(H,24,26). The average Bonchev–Trinajstić information content (AvgIpc) is 2.60. The molecular weight excluding hydrogens is 350 g/mol. The molecule has 2 amide bonds. The Hall–Kier alpha value is -1.59. The molecule has 1 aromatic rings. The quantitative estimate of drug-likeness (QED) is 0.671. The lowest BCUT2D eigenvalue weighted by atomic mass is 9.93. The third-order valence-electron chi connectivity index (χ3n) is 5.07. The predicted octanol–water partition coefficient (Wildman–Crippen LogP) is 3.98. The summed E-state index contributed by atoms with van der Waals surface area (Å²) < 4.78 is 0. The Balaban J connectivity index is 1.89. The highest BCUT2D eigenvalue weighted by Crippen LogP contribution is 2.23. The molecule has 0 bridgehead atoms. The van der Waals surface area contributed by atoms with E-state index in [4.69, 9.17) is 11.6 Å². The van der Waals surface area contributed by atoms with Crippen LogP contribution in [0.4, 0.5) is 5.69 Å². The molecule has 26 heavy (non-hydrogen) atoms. The normalized spacial score (nSPS) is 15.5. The summed E-state index contributed by atoms with van der Waals surface area (Å²) in [5, 5.41) is 9.51. The van der Waals surface area contributed by atoms with Crippen LogP contribution in [0.5, 0.6) is 0 Å². The maximum absolute atomic E-state index is 12.4. The molecule has 0 saturated carbocycles. The van der Waals surface area contributed by atoms with Gasteiger partial charge in [-0.05, 0) is 76.7 Å². The average molecular weight is 380 g/mol. The van der Waals surface area contributed by atoms with Crippen LogP contribution in [0.15, 0.2) is 18.2 Å². The fraction of sp³-hybridized carbons (Fsp3) is 0.600. The first kappa shape index (κ1) is 20.7. The van der Waals surface area contributed by atoms with Gasteiger partial charge in [-0.15, -0.1) is 0 Å². The minimum Gasteiger partial charge on any atom is -0.347 e. The summed E-state index contributed by atoms with van der Waals surface area (Å²) in [4.78, 5) is 24.5. The van der Waals surface area contributed by atoms with Gasteiger partial charge in [-0.1, -0.05) is 18.5 Å². The number of hydrogen-bond acceptors (Lipinski definition) is 3. The monoisotopic (exact) mass is 379 g/mol.